The maximum absolute atomic E-state index is 3.75. The van der Waals surface area contributed by atoms with Crippen LogP contribution in [-0.4, -0.2) is 4.57 Å². The molecule has 1 heterocycles. The fourth-order valence-corrected chi connectivity index (χ4v) is 4.97. The van der Waals surface area contributed by atoms with Gasteiger partial charge in [0.1, 0.15) is 0 Å². The molecule has 0 aliphatic carbocycles. The topological polar surface area (TPSA) is 4.93 Å². The summed E-state index contributed by atoms with van der Waals surface area (Å²) in [4.78, 5) is 0. The van der Waals surface area contributed by atoms with Gasteiger partial charge in [0.2, 0.25) is 0 Å². The Morgan fingerprint density at radius 1 is 0.533 bits per heavy atom. The molecule has 30 heavy (non-hydrogen) atoms. The molecule has 0 amide bonds. The maximum atomic E-state index is 3.75. The molecular weight excluding hydrogens is 430 g/mol. The van der Waals surface area contributed by atoms with Crippen LogP contribution in [0.4, 0.5) is 0 Å². The molecule has 2 heteroatoms. The minimum absolute atomic E-state index is 1.09. The summed E-state index contributed by atoms with van der Waals surface area (Å²) in [5, 5.41) is 5.09. The fraction of sp³-hybridized carbons (Fsp3) is 0. The van der Waals surface area contributed by atoms with Crippen LogP contribution < -0.4 is 0 Å². The van der Waals surface area contributed by atoms with E-state index in [1.54, 1.807) is 0 Å². The van der Waals surface area contributed by atoms with Crippen molar-refractivity contribution < 1.29 is 0 Å². The van der Waals surface area contributed by atoms with Gasteiger partial charge in [-0.2, -0.15) is 0 Å². The molecule has 0 fully saturated rings. The third kappa shape index (κ3) is 2.61. The monoisotopic (exact) mass is 447 g/mol. The number of benzene rings is 5. The molecule has 0 N–H and O–H groups in total. The normalized spacial score (nSPS) is 11.5. The van der Waals surface area contributed by atoms with Crippen molar-refractivity contribution in [2.75, 3.05) is 0 Å². The highest BCUT2D eigenvalue weighted by Crippen LogP contribution is 2.37. The van der Waals surface area contributed by atoms with Crippen molar-refractivity contribution in [2.24, 2.45) is 0 Å². The molecule has 0 spiro atoms. The van der Waals surface area contributed by atoms with Crippen molar-refractivity contribution in [3.63, 3.8) is 0 Å². The van der Waals surface area contributed by atoms with Gasteiger partial charge in [-0.3, -0.25) is 0 Å². The SMILES string of the molecule is Brc1ccccc1-n1c2ccccc2c2cc(-c3cccc4ccccc34)ccc21. The number of aromatic nitrogens is 1. The van der Waals surface area contributed by atoms with Crippen LogP contribution in [0.1, 0.15) is 0 Å². The van der Waals surface area contributed by atoms with Gasteiger partial charge < -0.3 is 4.57 Å². The highest BCUT2D eigenvalue weighted by atomic mass is 79.9. The highest BCUT2D eigenvalue weighted by molar-refractivity contribution is 9.10. The number of rotatable bonds is 2. The number of fused-ring (bicyclic) bond motifs is 4. The van der Waals surface area contributed by atoms with Crippen molar-refractivity contribution in [1.29, 1.82) is 0 Å². The van der Waals surface area contributed by atoms with E-state index in [0.29, 0.717) is 0 Å². The number of hydrogen-bond acceptors (Lipinski definition) is 0. The summed E-state index contributed by atoms with van der Waals surface area (Å²) < 4.78 is 3.44. The Labute approximate surface area is 183 Å². The van der Waals surface area contributed by atoms with Gasteiger partial charge in [0.15, 0.2) is 0 Å². The van der Waals surface area contributed by atoms with Crippen LogP contribution in [0.3, 0.4) is 0 Å². The molecule has 0 bridgehead atoms. The first-order valence-corrected chi connectivity index (χ1v) is 10.9. The number of para-hydroxylation sites is 2. The van der Waals surface area contributed by atoms with E-state index in [1.165, 1.54) is 43.7 Å². The summed E-state index contributed by atoms with van der Waals surface area (Å²) in [5.41, 5.74) is 6.10. The molecule has 6 rings (SSSR count). The quantitative estimate of drug-likeness (QED) is 0.251. The van der Waals surface area contributed by atoms with Crippen LogP contribution >= 0.6 is 15.9 Å². The minimum atomic E-state index is 1.09. The van der Waals surface area contributed by atoms with E-state index in [-0.39, 0.29) is 0 Å². The molecule has 0 saturated heterocycles. The first-order chi connectivity index (χ1) is 14.8. The van der Waals surface area contributed by atoms with Crippen LogP contribution in [0.25, 0.3) is 49.4 Å². The van der Waals surface area contributed by atoms with Gasteiger partial charge in [0.05, 0.1) is 16.7 Å². The Hall–Kier alpha value is -3.36. The summed E-state index contributed by atoms with van der Waals surface area (Å²) in [7, 11) is 0. The molecule has 0 atom stereocenters. The summed E-state index contributed by atoms with van der Waals surface area (Å²) >= 11 is 3.75. The van der Waals surface area contributed by atoms with E-state index in [4.69, 9.17) is 0 Å². The zero-order valence-corrected chi connectivity index (χ0v) is 17.8. The molecule has 1 aromatic heterocycles. The van der Waals surface area contributed by atoms with Crippen LogP contribution in [0.15, 0.2) is 114 Å². The molecule has 5 aromatic carbocycles. The van der Waals surface area contributed by atoms with Gasteiger partial charge in [-0.25, -0.2) is 0 Å². The Morgan fingerprint density at radius 2 is 1.23 bits per heavy atom. The zero-order valence-electron chi connectivity index (χ0n) is 16.2. The zero-order chi connectivity index (χ0) is 20.1. The van der Waals surface area contributed by atoms with Gasteiger partial charge >= 0.3 is 0 Å². The van der Waals surface area contributed by atoms with E-state index in [9.17, 15) is 0 Å². The third-order valence-electron chi connectivity index (χ3n) is 5.87. The summed E-state index contributed by atoms with van der Waals surface area (Å²) in [6, 6.07) is 39.0. The molecule has 0 radical (unpaired) electrons. The highest BCUT2D eigenvalue weighted by Gasteiger charge is 2.15. The lowest BCUT2D eigenvalue weighted by Gasteiger charge is -2.11. The van der Waals surface area contributed by atoms with Crippen molar-refractivity contribution in [3.8, 4) is 16.8 Å². The van der Waals surface area contributed by atoms with Gasteiger partial charge in [-0.05, 0) is 68.2 Å². The number of hydrogen-bond donors (Lipinski definition) is 0. The lowest BCUT2D eigenvalue weighted by atomic mass is 9.97. The Morgan fingerprint density at radius 3 is 2.13 bits per heavy atom. The Balaban J connectivity index is 1.69. The van der Waals surface area contributed by atoms with Gasteiger partial charge in [-0.1, -0.05) is 78.9 Å². The number of halogens is 1. The molecule has 6 aromatic rings. The van der Waals surface area contributed by atoms with Crippen molar-refractivity contribution in [2.45, 2.75) is 0 Å². The van der Waals surface area contributed by atoms with Crippen molar-refractivity contribution in [1.82, 2.24) is 4.57 Å². The fourth-order valence-electron chi connectivity index (χ4n) is 4.51. The van der Waals surface area contributed by atoms with Crippen LogP contribution in [0.2, 0.25) is 0 Å². The average Bonchev–Trinajstić information content (AvgIpc) is 3.13. The van der Waals surface area contributed by atoms with E-state index in [2.05, 4.69) is 130 Å². The van der Waals surface area contributed by atoms with Crippen LogP contribution in [0.5, 0.6) is 0 Å². The molecule has 0 aliphatic rings. The first-order valence-electron chi connectivity index (χ1n) is 10.1. The molecule has 142 valence electrons. The minimum Gasteiger partial charge on any atom is -0.308 e. The van der Waals surface area contributed by atoms with Crippen molar-refractivity contribution in [3.05, 3.63) is 114 Å². The smallest absolute Gasteiger partial charge is 0.0604 e. The summed E-state index contributed by atoms with van der Waals surface area (Å²) in [5.74, 6) is 0. The first kappa shape index (κ1) is 17.5. The van der Waals surface area contributed by atoms with E-state index in [1.807, 2.05) is 0 Å². The van der Waals surface area contributed by atoms with E-state index < -0.39 is 0 Å². The van der Waals surface area contributed by atoms with Gasteiger partial charge in [0, 0.05) is 15.2 Å². The summed E-state index contributed by atoms with van der Waals surface area (Å²) in [6.07, 6.45) is 0. The molecule has 0 unspecified atom stereocenters. The third-order valence-corrected chi connectivity index (χ3v) is 6.54. The second-order valence-corrected chi connectivity index (χ2v) is 8.42. The lowest BCUT2D eigenvalue weighted by molar-refractivity contribution is 1.17. The van der Waals surface area contributed by atoms with Gasteiger partial charge in [0.25, 0.3) is 0 Å². The van der Waals surface area contributed by atoms with Crippen LogP contribution in [-0.2, 0) is 0 Å². The Bertz CT molecular complexity index is 1550. The average molecular weight is 448 g/mol. The molecule has 0 saturated carbocycles. The van der Waals surface area contributed by atoms with E-state index >= 15 is 0 Å². The predicted octanol–water partition coefficient (Wildman–Crippen LogP) is 8.37. The van der Waals surface area contributed by atoms with Crippen LogP contribution in [0, 0.1) is 0 Å². The standard InChI is InChI=1S/C28H18BrN/c29-25-13-4-6-15-28(25)30-26-14-5-3-11-23(26)24-18-20(16-17-27(24)30)22-12-7-9-19-8-1-2-10-21(19)22/h1-18H. The van der Waals surface area contributed by atoms with E-state index in [0.717, 1.165) is 10.2 Å². The predicted molar refractivity (Wildman–Crippen MR) is 131 cm³/mol. The van der Waals surface area contributed by atoms with Crippen molar-refractivity contribution >= 4 is 48.5 Å². The number of nitrogens with zero attached hydrogens (tertiary/aromatic N) is 1. The second-order valence-electron chi connectivity index (χ2n) is 7.56. The second kappa shape index (κ2) is 6.86. The maximum Gasteiger partial charge on any atom is 0.0604 e. The molecular formula is C28H18BrN. The largest absolute Gasteiger partial charge is 0.308 e. The Kier molecular flexibility index (Phi) is 4.00. The lowest BCUT2D eigenvalue weighted by Crippen LogP contribution is -1.94. The molecule has 0 aliphatic heterocycles. The summed E-state index contributed by atoms with van der Waals surface area (Å²) in [6.45, 7) is 0. The molecule has 1 nitrogen and oxygen atoms in total. The van der Waals surface area contributed by atoms with Gasteiger partial charge in [-0.15, -0.1) is 0 Å².